The van der Waals surface area contributed by atoms with Gasteiger partial charge in [-0.1, -0.05) is 5.21 Å². The van der Waals surface area contributed by atoms with Crippen molar-refractivity contribution in [2.75, 3.05) is 20.3 Å². The molecule has 0 amide bonds. The maximum absolute atomic E-state index is 4.96. The molecule has 0 aliphatic rings. The number of methoxy groups -OCH3 is 1. The highest BCUT2D eigenvalue weighted by Crippen LogP contribution is 2.09. The monoisotopic (exact) mass is 267 g/mol. The number of ether oxygens (including phenoxy) is 1. The third-order valence-corrected chi connectivity index (χ3v) is 3.29. The summed E-state index contributed by atoms with van der Waals surface area (Å²) in [6.07, 6.45) is 1.94. The van der Waals surface area contributed by atoms with Crippen LogP contribution < -0.4 is 5.32 Å². The summed E-state index contributed by atoms with van der Waals surface area (Å²) in [6.45, 7) is 4.90. The zero-order valence-electron chi connectivity index (χ0n) is 10.6. The fraction of sp³-hybridized carbons (Fsp3) is 0.545. The van der Waals surface area contributed by atoms with Crippen LogP contribution in [-0.2, 0) is 17.8 Å². The molecule has 6 nitrogen and oxygen atoms in total. The molecule has 0 saturated carbocycles. The van der Waals surface area contributed by atoms with Gasteiger partial charge in [0.2, 0.25) is 0 Å². The summed E-state index contributed by atoms with van der Waals surface area (Å²) in [5, 5.41) is 14.5. The zero-order chi connectivity index (χ0) is 12.8. The van der Waals surface area contributed by atoms with Gasteiger partial charge < -0.3 is 10.1 Å². The Bertz CT molecular complexity index is 481. The van der Waals surface area contributed by atoms with Crippen LogP contribution in [0.2, 0.25) is 0 Å². The van der Waals surface area contributed by atoms with Crippen molar-refractivity contribution in [1.82, 2.24) is 25.3 Å². The Balaban J connectivity index is 1.82. The van der Waals surface area contributed by atoms with E-state index in [1.165, 1.54) is 0 Å². The minimum Gasteiger partial charge on any atom is -0.383 e. The smallest absolute Gasteiger partial charge is 0.114 e. The Morgan fingerprint density at radius 1 is 1.50 bits per heavy atom. The average Bonchev–Trinajstić information content (AvgIpc) is 2.95. The van der Waals surface area contributed by atoms with Crippen molar-refractivity contribution in [2.24, 2.45) is 0 Å². The molecule has 0 atom stereocenters. The SMILES string of the molecule is COCCNCc1cn(Cc2nc(C)cs2)nn1. The zero-order valence-corrected chi connectivity index (χ0v) is 11.4. The highest BCUT2D eigenvalue weighted by molar-refractivity contribution is 7.09. The van der Waals surface area contributed by atoms with Crippen LogP contribution in [0.25, 0.3) is 0 Å². The number of hydrogen-bond donors (Lipinski definition) is 1. The fourth-order valence-electron chi connectivity index (χ4n) is 1.50. The summed E-state index contributed by atoms with van der Waals surface area (Å²) in [4.78, 5) is 4.40. The molecular weight excluding hydrogens is 250 g/mol. The number of hydrogen-bond acceptors (Lipinski definition) is 6. The summed E-state index contributed by atoms with van der Waals surface area (Å²) in [6, 6.07) is 0. The molecule has 0 spiro atoms. The first kappa shape index (κ1) is 13.1. The predicted molar refractivity (Wildman–Crippen MR) is 69.6 cm³/mol. The van der Waals surface area contributed by atoms with E-state index in [4.69, 9.17) is 4.74 Å². The molecule has 18 heavy (non-hydrogen) atoms. The Hall–Kier alpha value is -1.31. The third kappa shape index (κ3) is 3.86. The second-order valence-corrected chi connectivity index (χ2v) is 4.90. The average molecular weight is 267 g/mol. The normalized spacial score (nSPS) is 11.0. The van der Waals surface area contributed by atoms with Crippen LogP contribution in [0.3, 0.4) is 0 Å². The van der Waals surface area contributed by atoms with Crippen LogP contribution in [-0.4, -0.2) is 40.2 Å². The highest BCUT2D eigenvalue weighted by Gasteiger charge is 2.03. The molecule has 0 aliphatic carbocycles. The lowest BCUT2D eigenvalue weighted by Crippen LogP contribution is -2.18. The number of nitrogens with one attached hydrogen (secondary N) is 1. The summed E-state index contributed by atoms with van der Waals surface area (Å²) >= 11 is 1.65. The van der Waals surface area contributed by atoms with Gasteiger partial charge in [0, 0.05) is 31.3 Å². The predicted octanol–water partition coefficient (Wildman–Crippen LogP) is 0.827. The molecule has 0 bridgehead atoms. The van der Waals surface area contributed by atoms with E-state index in [9.17, 15) is 0 Å². The van der Waals surface area contributed by atoms with E-state index in [-0.39, 0.29) is 0 Å². The van der Waals surface area contributed by atoms with E-state index >= 15 is 0 Å². The molecule has 1 N–H and O–H groups in total. The second-order valence-electron chi connectivity index (χ2n) is 3.96. The second kappa shape index (κ2) is 6.58. The molecule has 7 heteroatoms. The van der Waals surface area contributed by atoms with Gasteiger partial charge in [-0.25, -0.2) is 9.67 Å². The molecule has 0 aliphatic heterocycles. The minimum atomic E-state index is 0.684. The van der Waals surface area contributed by atoms with Crippen molar-refractivity contribution < 1.29 is 4.74 Å². The van der Waals surface area contributed by atoms with Crippen molar-refractivity contribution >= 4 is 11.3 Å². The molecule has 0 saturated heterocycles. The van der Waals surface area contributed by atoms with Gasteiger partial charge in [0.25, 0.3) is 0 Å². The molecule has 2 heterocycles. The topological polar surface area (TPSA) is 64.9 Å². The largest absolute Gasteiger partial charge is 0.383 e. The van der Waals surface area contributed by atoms with E-state index in [0.717, 1.165) is 22.9 Å². The van der Waals surface area contributed by atoms with Crippen LogP contribution in [0.5, 0.6) is 0 Å². The number of thiazole rings is 1. The summed E-state index contributed by atoms with van der Waals surface area (Å²) < 4.78 is 6.77. The van der Waals surface area contributed by atoms with Crippen LogP contribution in [0.4, 0.5) is 0 Å². The van der Waals surface area contributed by atoms with Gasteiger partial charge in [-0.15, -0.1) is 16.4 Å². The molecule has 0 unspecified atom stereocenters. The van der Waals surface area contributed by atoms with Crippen LogP contribution >= 0.6 is 11.3 Å². The fourth-order valence-corrected chi connectivity index (χ4v) is 2.26. The van der Waals surface area contributed by atoms with Crippen molar-refractivity contribution in [3.63, 3.8) is 0 Å². The molecule has 98 valence electrons. The molecule has 0 radical (unpaired) electrons. The van der Waals surface area contributed by atoms with E-state index in [1.807, 2.05) is 23.2 Å². The van der Waals surface area contributed by atoms with Crippen molar-refractivity contribution in [1.29, 1.82) is 0 Å². The lowest BCUT2D eigenvalue weighted by atomic mass is 10.4. The van der Waals surface area contributed by atoms with Gasteiger partial charge in [-0.2, -0.15) is 0 Å². The number of rotatable bonds is 7. The summed E-state index contributed by atoms with van der Waals surface area (Å²) in [7, 11) is 1.69. The van der Waals surface area contributed by atoms with Crippen LogP contribution in [0, 0.1) is 6.92 Å². The first-order valence-electron chi connectivity index (χ1n) is 5.77. The first-order chi connectivity index (χ1) is 8.78. The first-order valence-corrected chi connectivity index (χ1v) is 6.65. The van der Waals surface area contributed by atoms with Gasteiger partial charge in [-0.05, 0) is 6.92 Å². The maximum Gasteiger partial charge on any atom is 0.114 e. The number of aromatic nitrogens is 4. The molecular formula is C11H17N5OS. The Labute approximate surface area is 110 Å². The van der Waals surface area contributed by atoms with E-state index in [0.29, 0.717) is 19.7 Å². The summed E-state index contributed by atoms with van der Waals surface area (Å²) in [5.74, 6) is 0. The molecule has 2 aromatic rings. The van der Waals surface area contributed by atoms with E-state index in [1.54, 1.807) is 18.4 Å². The van der Waals surface area contributed by atoms with Crippen molar-refractivity contribution in [3.8, 4) is 0 Å². The van der Waals surface area contributed by atoms with Crippen LogP contribution in [0.15, 0.2) is 11.6 Å². The van der Waals surface area contributed by atoms with Gasteiger partial charge in [-0.3, -0.25) is 0 Å². The Morgan fingerprint density at radius 2 is 2.39 bits per heavy atom. The molecule has 0 fully saturated rings. The summed E-state index contributed by atoms with van der Waals surface area (Å²) in [5.41, 5.74) is 1.98. The standard InChI is InChI=1S/C11H17N5OS/c1-9-8-18-11(13-9)7-16-6-10(14-15-16)5-12-3-4-17-2/h6,8,12H,3-5,7H2,1-2H3. The van der Waals surface area contributed by atoms with Gasteiger partial charge in [0.05, 0.1) is 25.0 Å². The Morgan fingerprint density at radius 3 is 3.11 bits per heavy atom. The van der Waals surface area contributed by atoms with E-state index < -0.39 is 0 Å². The Kier molecular flexibility index (Phi) is 4.80. The quantitative estimate of drug-likeness (QED) is 0.753. The van der Waals surface area contributed by atoms with Gasteiger partial charge in [0.15, 0.2) is 0 Å². The molecule has 0 aromatic carbocycles. The third-order valence-electron chi connectivity index (χ3n) is 2.34. The van der Waals surface area contributed by atoms with Gasteiger partial charge >= 0.3 is 0 Å². The lowest BCUT2D eigenvalue weighted by molar-refractivity contribution is 0.199. The number of nitrogens with zero attached hydrogens (tertiary/aromatic N) is 4. The maximum atomic E-state index is 4.96. The van der Waals surface area contributed by atoms with Crippen molar-refractivity contribution in [3.05, 3.63) is 28.0 Å². The molecule has 2 rings (SSSR count). The lowest BCUT2D eigenvalue weighted by Gasteiger charge is -1.99. The minimum absolute atomic E-state index is 0.684. The molecule has 2 aromatic heterocycles. The van der Waals surface area contributed by atoms with Gasteiger partial charge in [0.1, 0.15) is 5.01 Å². The van der Waals surface area contributed by atoms with Crippen molar-refractivity contribution in [2.45, 2.75) is 20.0 Å². The highest BCUT2D eigenvalue weighted by atomic mass is 32.1. The van der Waals surface area contributed by atoms with E-state index in [2.05, 4.69) is 20.6 Å². The van der Waals surface area contributed by atoms with Crippen LogP contribution in [0.1, 0.15) is 16.4 Å². The number of aryl methyl sites for hydroxylation is 1.